The summed E-state index contributed by atoms with van der Waals surface area (Å²) < 4.78 is 0. The molecule has 4 heteroatoms. The molecule has 0 aromatic heterocycles. The summed E-state index contributed by atoms with van der Waals surface area (Å²) in [5.41, 5.74) is 5.36. The van der Waals surface area contributed by atoms with Gasteiger partial charge >= 0.3 is 0 Å². The van der Waals surface area contributed by atoms with Crippen molar-refractivity contribution in [3.63, 3.8) is 0 Å². The van der Waals surface area contributed by atoms with Gasteiger partial charge < -0.3 is 15.7 Å². The molecule has 0 atom stereocenters. The first-order valence-corrected chi connectivity index (χ1v) is 5.35. The molecule has 14 heavy (non-hydrogen) atoms. The summed E-state index contributed by atoms with van der Waals surface area (Å²) in [6.07, 6.45) is 4.03. The van der Waals surface area contributed by atoms with E-state index in [1.807, 2.05) is 4.90 Å². The van der Waals surface area contributed by atoms with Crippen LogP contribution in [-0.2, 0) is 4.79 Å². The zero-order valence-corrected chi connectivity index (χ0v) is 8.41. The van der Waals surface area contributed by atoms with E-state index in [9.17, 15) is 4.79 Å². The van der Waals surface area contributed by atoms with Crippen LogP contribution >= 0.6 is 0 Å². The molecule has 80 valence electrons. The first kappa shape index (κ1) is 9.93. The maximum Gasteiger partial charge on any atom is 0.230 e. The number of nitrogens with two attached hydrogens (primary N) is 1. The normalized spacial score (nSPS) is 23.3. The van der Waals surface area contributed by atoms with Gasteiger partial charge in [0.05, 0.1) is 12.0 Å². The number of carbonyl (C=O) groups excluding carboxylic acids is 1. The second kappa shape index (κ2) is 3.51. The number of nitrogens with zero attached hydrogens (tertiary/aromatic N) is 1. The first-order chi connectivity index (χ1) is 6.73. The molecule has 0 aromatic rings. The molecule has 0 bridgehead atoms. The van der Waals surface area contributed by atoms with Gasteiger partial charge in [0.1, 0.15) is 0 Å². The summed E-state index contributed by atoms with van der Waals surface area (Å²) in [5, 5.41) is 8.90. The Morgan fingerprint density at radius 2 is 2.14 bits per heavy atom. The van der Waals surface area contributed by atoms with Crippen LogP contribution in [-0.4, -0.2) is 41.7 Å². The van der Waals surface area contributed by atoms with Crippen molar-refractivity contribution in [2.45, 2.75) is 31.7 Å². The SMILES string of the molecule is NCC1(C(=O)N(CCO)C2CC2)CC1. The molecule has 0 spiro atoms. The lowest BCUT2D eigenvalue weighted by Gasteiger charge is -2.25. The molecule has 0 heterocycles. The standard InChI is InChI=1S/C10H18N2O2/c11-7-10(3-4-10)9(14)12(5-6-13)8-1-2-8/h8,13H,1-7,11H2. The maximum absolute atomic E-state index is 12.1. The molecule has 0 aromatic carbocycles. The third-order valence-electron chi connectivity index (χ3n) is 3.29. The number of aliphatic hydroxyl groups is 1. The molecule has 2 saturated carbocycles. The lowest BCUT2D eigenvalue weighted by Crippen LogP contribution is -2.43. The molecular formula is C10H18N2O2. The van der Waals surface area contributed by atoms with Crippen LogP contribution in [0.3, 0.4) is 0 Å². The Balaban J connectivity index is 1.99. The Labute approximate surface area is 84.1 Å². The molecular weight excluding hydrogens is 180 g/mol. The summed E-state index contributed by atoms with van der Waals surface area (Å²) >= 11 is 0. The van der Waals surface area contributed by atoms with Crippen molar-refractivity contribution in [2.24, 2.45) is 11.1 Å². The third kappa shape index (κ3) is 1.64. The minimum atomic E-state index is -0.252. The highest BCUT2D eigenvalue weighted by Crippen LogP contribution is 2.47. The Morgan fingerprint density at radius 1 is 1.50 bits per heavy atom. The fraction of sp³-hybridized carbons (Fsp3) is 0.900. The molecule has 0 saturated heterocycles. The third-order valence-corrected chi connectivity index (χ3v) is 3.29. The number of hydrogen-bond donors (Lipinski definition) is 2. The van der Waals surface area contributed by atoms with E-state index in [4.69, 9.17) is 10.8 Å². The van der Waals surface area contributed by atoms with Crippen LogP contribution in [0, 0.1) is 5.41 Å². The Kier molecular flexibility index (Phi) is 2.49. The Hall–Kier alpha value is -0.610. The van der Waals surface area contributed by atoms with E-state index in [1.54, 1.807) is 0 Å². The van der Waals surface area contributed by atoms with Crippen LogP contribution in [0.2, 0.25) is 0 Å². The van der Waals surface area contributed by atoms with E-state index in [1.165, 1.54) is 0 Å². The fourth-order valence-corrected chi connectivity index (χ4v) is 1.90. The Morgan fingerprint density at radius 3 is 2.50 bits per heavy atom. The zero-order chi connectivity index (χ0) is 10.2. The monoisotopic (exact) mass is 198 g/mol. The van der Waals surface area contributed by atoms with Crippen molar-refractivity contribution < 1.29 is 9.90 Å². The van der Waals surface area contributed by atoms with E-state index in [2.05, 4.69) is 0 Å². The number of amides is 1. The number of carbonyl (C=O) groups is 1. The van der Waals surface area contributed by atoms with Crippen LogP contribution in [0.4, 0.5) is 0 Å². The van der Waals surface area contributed by atoms with Crippen molar-refractivity contribution >= 4 is 5.91 Å². The summed E-state index contributed by atoms with van der Waals surface area (Å²) in [6, 6.07) is 0.388. The largest absolute Gasteiger partial charge is 0.395 e. The highest BCUT2D eigenvalue weighted by atomic mass is 16.3. The summed E-state index contributed by atoms with van der Waals surface area (Å²) in [4.78, 5) is 13.9. The fourth-order valence-electron chi connectivity index (χ4n) is 1.90. The zero-order valence-electron chi connectivity index (χ0n) is 8.41. The van der Waals surface area contributed by atoms with Crippen molar-refractivity contribution in [1.82, 2.24) is 4.90 Å². The molecule has 0 aliphatic heterocycles. The van der Waals surface area contributed by atoms with Gasteiger partial charge in [0.15, 0.2) is 0 Å². The van der Waals surface area contributed by atoms with Crippen LogP contribution in [0.5, 0.6) is 0 Å². The number of aliphatic hydroxyl groups excluding tert-OH is 1. The average Bonchev–Trinajstić information content (AvgIpc) is 3.05. The first-order valence-electron chi connectivity index (χ1n) is 5.35. The molecule has 2 aliphatic carbocycles. The lowest BCUT2D eigenvalue weighted by atomic mass is 10.1. The summed E-state index contributed by atoms with van der Waals surface area (Å²) in [7, 11) is 0. The minimum Gasteiger partial charge on any atom is -0.395 e. The van der Waals surface area contributed by atoms with Gasteiger partial charge in [0, 0.05) is 19.1 Å². The van der Waals surface area contributed by atoms with Crippen molar-refractivity contribution in [3.05, 3.63) is 0 Å². The molecule has 1 amide bonds. The highest BCUT2D eigenvalue weighted by Gasteiger charge is 2.52. The smallest absolute Gasteiger partial charge is 0.230 e. The van der Waals surface area contributed by atoms with Gasteiger partial charge in [-0.3, -0.25) is 4.79 Å². The molecule has 0 radical (unpaired) electrons. The van der Waals surface area contributed by atoms with Crippen LogP contribution in [0.15, 0.2) is 0 Å². The van der Waals surface area contributed by atoms with E-state index in [0.717, 1.165) is 25.7 Å². The topological polar surface area (TPSA) is 66.6 Å². The van der Waals surface area contributed by atoms with Crippen molar-refractivity contribution in [2.75, 3.05) is 19.7 Å². The lowest BCUT2D eigenvalue weighted by molar-refractivity contribution is -0.137. The molecule has 4 nitrogen and oxygen atoms in total. The van der Waals surface area contributed by atoms with E-state index >= 15 is 0 Å². The van der Waals surface area contributed by atoms with Crippen LogP contribution < -0.4 is 5.73 Å². The second-order valence-corrected chi connectivity index (χ2v) is 4.44. The summed E-state index contributed by atoms with van der Waals surface area (Å²) in [6.45, 7) is 0.995. The van der Waals surface area contributed by atoms with E-state index in [0.29, 0.717) is 19.1 Å². The maximum atomic E-state index is 12.1. The quantitative estimate of drug-likeness (QED) is 0.638. The second-order valence-electron chi connectivity index (χ2n) is 4.44. The molecule has 3 N–H and O–H groups in total. The highest BCUT2D eigenvalue weighted by molar-refractivity contribution is 5.86. The van der Waals surface area contributed by atoms with Gasteiger partial charge in [-0.15, -0.1) is 0 Å². The predicted octanol–water partition coefficient (Wildman–Crippen LogP) is -0.291. The van der Waals surface area contributed by atoms with Gasteiger partial charge in [-0.25, -0.2) is 0 Å². The van der Waals surface area contributed by atoms with Crippen LogP contribution in [0.1, 0.15) is 25.7 Å². The van der Waals surface area contributed by atoms with Crippen molar-refractivity contribution in [3.8, 4) is 0 Å². The molecule has 2 fully saturated rings. The van der Waals surface area contributed by atoms with Crippen molar-refractivity contribution in [1.29, 1.82) is 0 Å². The molecule has 2 aliphatic rings. The Bertz CT molecular complexity index is 234. The van der Waals surface area contributed by atoms with E-state index < -0.39 is 0 Å². The van der Waals surface area contributed by atoms with Crippen LogP contribution in [0.25, 0.3) is 0 Å². The van der Waals surface area contributed by atoms with Gasteiger partial charge in [0.2, 0.25) is 5.91 Å². The molecule has 0 unspecified atom stereocenters. The van der Waals surface area contributed by atoms with Gasteiger partial charge in [0.25, 0.3) is 0 Å². The number of rotatable bonds is 5. The van der Waals surface area contributed by atoms with Gasteiger partial charge in [-0.05, 0) is 25.7 Å². The average molecular weight is 198 g/mol. The van der Waals surface area contributed by atoms with Gasteiger partial charge in [-0.1, -0.05) is 0 Å². The number of hydrogen-bond acceptors (Lipinski definition) is 3. The molecule has 2 rings (SSSR count). The van der Waals surface area contributed by atoms with E-state index in [-0.39, 0.29) is 17.9 Å². The minimum absolute atomic E-state index is 0.0584. The predicted molar refractivity (Wildman–Crippen MR) is 52.5 cm³/mol. The van der Waals surface area contributed by atoms with Gasteiger partial charge in [-0.2, -0.15) is 0 Å². The summed E-state index contributed by atoms with van der Waals surface area (Å²) in [5.74, 6) is 0.177.